The van der Waals surface area contributed by atoms with E-state index in [0.717, 1.165) is 42.6 Å². The zero-order valence-corrected chi connectivity index (χ0v) is 21.4. The number of rotatable bonds is 4. The third-order valence-electron chi connectivity index (χ3n) is 7.39. The fraction of sp³-hybridized carbons (Fsp3) is 0.462. The molecule has 0 saturated carbocycles. The molecule has 2 fully saturated rings. The minimum Gasteiger partial charge on any atom is -0.342 e. The van der Waals surface area contributed by atoms with Gasteiger partial charge in [0, 0.05) is 38.0 Å². The maximum absolute atomic E-state index is 13.2. The first-order valence-corrected chi connectivity index (χ1v) is 14.3. The molecule has 2 aliphatic heterocycles. The van der Waals surface area contributed by atoms with Gasteiger partial charge in [0.25, 0.3) is 0 Å². The summed E-state index contributed by atoms with van der Waals surface area (Å²) in [5, 5.41) is 1.18. The number of sulfonamides is 1. The maximum Gasteiger partial charge on any atom is 0.243 e. The molecule has 0 bridgehead atoms. The number of benzene rings is 2. The summed E-state index contributed by atoms with van der Waals surface area (Å²) in [4.78, 5) is 20.3. The van der Waals surface area contributed by atoms with Crippen molar-refractivity contribution in [1.29, 1.82) is 0 Å². The van der Waals surface area contributed by atoms with Gasteiger partial charge in [0.1, 0.15) is 0 Å². The highest BCUT2D eigenvalue weighted by Gasteiger charge is 2.35. The second kappa shape index (κ2) is 9.40. The van der Waals surface area contributed by atoms with Gasteiger partial charge in [0.2, 0.25) is 15.9 Å². The number of aromatic nitrogens is 1. The minimum atomic E-state index is -3.52. The average molecular weight is 498 g/mol. The molecular formula is C26H31N3O3S2. The number of hydrogen-bond acceptors (Lipinski definition) is 5. The molecule has 34 heavy (non-hydrogen) atoms. The Labute approximate surface area is 205 Å². The van der Waals surface area contributed by atoms with Crippen molar-refractivity contribution in [3.8, 4) is 0 Å². The van der Waals surface area contributed by atoms with Crippen LogP contribution in [-0.2, 0) is 14.8 Å². The van der Waals surface area contributed by atoms with E-state index in [-0.39, 0.29) is 11.8 Å². The summed E-state index contributed by atoms with van der Waals surface area (Å²) >= 11 is 1.77. The number of likely N-dealkylation sites (tertiary alicyclic amines) is 1. The summed E-state index contributed by atoms with van der Waals surface area (Å²) in [6.07, 6.45) is 3.04. The van der Waals surface area contributed by atoms with Crippen molar-refractivity contribution in [3.05, 3.63) is 58.6 Å². The van der Waals surface area contributed by atoms with Crippen LogP contribution >= 0.6 is 11.3 Å². The zero-order chi connectivity index (χ0) is 23.9. The lowest BCUT2D eigenvalue weighted by molar-refractivity contribution is -0.137. The van der Waals surface area contributed by atoms with E-state index in [1.54, 1.807) is 27.8 Å². The molecule has 2 aromatic carbocycles. The first kappa shape index (κ1) is 23.5. The molecule has 0 aliphatic carbocycles. The summed E-state index contributed by atoms with van der Waals surface area (Å²) in [7, 11) is -3.52. The van der Waals surface area contributed by atoms with Crippen LogP contribution in [0.3, 0.4) is 0 Å². The highest BCUT2D eigenvalue weighted by atomic mass is 32.2. The van der Waals surface area contributed by atoms with Crippen LogP contribution in [-0.4, -0.2) is 54.7 Å². The van der Waals surface area contributed by atoms with Crippen molar-refractivity contribution in [2.45, 2.75) is 50.3 Å². The zero-order valence-electron chi connectivity index (χ0n) is 19.7. The quantitative estimate of drug-likeness (QED) is 0.523. The smallest absolute Gasteiger partial charge is 0.243 e. The lowest BCUT2D eigenvalue weighted by Crippen LogP contribution is -2.46. The molecule has 6 nitrogen and oxygen atoms in total. The van der Waals surface area contributed by atoms with E-state index in [1.807, 2.05) is 36.9 Å². The van der Waals surface area contributed by atoms with Gasteiger partial charge in [-0.05, 0) is 74.9 Å². The molecule has 3 heterocycles. The lowest BCUT2D eigenvalue weighted by atomic mass is 9.93. The molecule has 8 heteroatoms. The van der Waals surface area contributed by atoms with Gasteiger partial charge in [-0.1, -0.05) is 18.2 Å². The predicted molar refractivity (Wildman–Crippen MR) is 136 cm³/mol. The monoisotopic (exact) mass is 497 g/mol. The van der Waals surface area contributed by atoms with Crippen LogP contribution in [0.1, 0.15) is 47.7 Å². The van der Waals surface area contributed by atoms with Crippen LogP contribution in [0.5, 0.6) is 0 Å². The maximum atomic E-state index is 13.2. The fourth-order valence-electron chi connectivity index (χ4n) is 5.04. The van der Waals surface area contributed by atoms with Crippen LogP contribution in [0.2, 0.25) is 0 Å². The van der Waals surface area contributed by atoms with Crippen LogP contribution in [0.25, 0.3) is 10.2 Å². The molecule has 0 N–H and O–H groups in total. The van der Waals surface area contributed by atoms with Gasteiger partial charge in [-0.2, -0.15) is 4.31 Å². The minimum absolute atomic E-state index is 0.0924. The summed E-state index contributed by atoms with van der Waals surface area (Å²) < 4.78 is 28.9. The molecule has 3 aromatic rings. The summed E-state index contributed by atoms with van der Waals surface area (Å²) in [6.45, 7) is 6.20. The number of amides is 1. The molecule has 0 radical (unpaired) electrons. The lowest BCUT2D eigenvalue weighted by Gasteiger charge is -2.36. The third kappa shape index (κ3) is 4.51. The third-order valence-corrected chi connectivity index (χ3v) is 10.5. The van der Waals surface area contributed by atoms with Crippen molar-refractivity contribution < 1.29 is 13.2 Å². The Hall–Kier alpha value is -2.29. The van der Waals surface area contributed by atoms with Gasteiger partial charge in [0.05, 0.1) is 20.1 Å². The van der Waals surface area contributed by atoms with Gasteiger partial charge in [0.15, 0.2) is 0 Å². The average Bonchev–Trinajstić information content (AvgIpc) is 3.30. The number of nitrogens with zero attached hydrogens (tertiary/aromatic N) is 3. The van der Waals surface area contributed by atoms with Crippen LogP contribution in [0.4, 0.5) is 0 Å². The number of aryl methyl sites for hydroxylation is 2. The molecule has 0 unspecified atom stereocenters. The van der Waals surface area contributed by atoms with Crippen molar-refractivity contribution >= 4 is 37.5 Å². The molecule has 180 valence electrons. The van der Waals surface area contributed by atoms with Gasteiger partial charge in [-0.3, -0.25) is 4.79 Å². The second-order valence-corrected chi connectivity index (χ2v) is 12.5. The number of fused-ring (bicyclic) bond motifs is 1. The molecule has 0 spiro atoms. The number of piperidine rings is 2. The van der Waals surface area contributed by atoms with Crippen LogP contribution in [0, 0.1) is 19.8 Å². The summed E-state index contributed by atoms with van der Waals surface area (Å²) in [5.74, 6) is 0.502. The largest absolute Gasteiger partial charge is 0.342 e. The molecule has 5 rings (SSSR count). The van der Waals surface area contributed by atoms with E-state index >= 15 is 0 Å². The Balaban J connectivity index is 1.16. The van der Waals surface area contributed by atoms with Crippen molar-refractivity contribution in [1.82, 2.24) is 14.2 Å². The number of carbonyl (C=O) groups is 1. The number of carbonyl (C=O) groups excluding carboxylic acids is 1. The SMILES string of the molecule is Cc1ccc(S(=O)(=O)N2CCC(C(=O)N3CCC(c4nc5ccccc5s4)CC3)CC2)cc1C. The van der Waals surface area contributed by atoms with Crippen LogP contribution < -0.4 is 0 Å². The van der Waals surface area contributed by atoms with E-state index in [2.05, 4.69) is 12.1 Å². The molecule has 1 aromatic heterocycles. The van der Waals surface area contributed by atoms with E-state index in [9.17, 15) is 13.2 Å². The Morgan fingerprint density at radius 1 is 0.941 bits per heavy atom. The predicted octanol–water partition coefficient (Wildman–Crippen LogP) is 4.72. The highest BCUT2D eigenvalue weighted by molar-refractivity contribution is 7.89. The van der Waals surface area contributed by atoms with Gasteiger partial charge in [-0.25, -0.2) is 13.4 Å². The van der Waals surface area contributed by atoms with Gasteiger partial charge in [-0.15, -0.1) is 11.3 Å². The first-order valence-electron chi connectivity index (χ1n) is 12.0. The van der Waals surface area contributed by atoms with Gasteiger partial charge >= 0.3 is 0 Å². The highest BCUT2D eigenvalue weighted by Crippen LogP contribution is 2.35. The Morgan fingerprint density at radius 2 is 1.65 bits per heavy atom. The summed E-state index contributed by atoms with van der Waals surface area (Å²) in [6, 6.07) is 13.5. The number of thiazole rings is 1. The molecule has 0 atom stereocenters. The second-order valence-electron chi connectivity index (χ2n) is 9.54. The van der Waals surface area contributed by atoms with Crippen molar-refractivity contribution in [3.63, 3.8) is 0 Å². The fourth-order valence-corrected chi connectivity index (χ4v) is 7.73. The molecule has 1 amide bonds. The normalized spacial score (nSPS) is 19.1. The number of para-hydroxylation sites is 1. The molecular weight excluding hydrogens is 466 g/mol. The molecule has 2 aliphatic rings. The van der Waals surface area contributed by atoms with E-state index in [1.165, 1.54) is 9.71 Å². The van der Waals surface area contributed by atoms with Crippen molar-refractivity contribution in [2.75, 3.05) is 26.2 Å². The standard InChI is InChI=1S/C26H31N3O3S2/c1-18-7-8-22(17-19(18)2)34(31,32)29-15-11-21(12-16-29)26(30)28-13-9-20(10-14-28)25-27-23-5-3-4-6-24(23)33-25/h3-8,17,20-21H,9-16H2,1-2H3. The van der Waals surface area contributed by atoms with E-state index in [4.69, 9.17) is 4.98 Å². The summed E-state index contributed by atoms with van der Waals surface area (Å²) in [5.41, 5.74) is 3.11. The van der Waals surface area contributed by atoms with E-state index < -0.39 is 10.0 Å². The first-order chi connectivity index (χ1) is 16.3. The van der Waals surface area contributed by atoms with Gasteiger partial charge < -0.3 is 4.90 Å². The molecule has 2 saturated heterocycles. The Morgan fingerprint density at radius 3 is 2.32 bits per heavy atom. The number of hydrogen-bond donors (Lipinski definition) is 0. The van der Waals surface area contributed by atoms with Crippen molar-refractivity contribution in [2.24, 2.45) is 5.92 Å². The Kier molecular flexibility index (Phi) is 6.48. The Bertz CT molecular complexity index is 1270. The van der Waals surface area contributed by atoms with E-state index in [0.29, 0.717) is 36.7 Å². The topological polar surface area (TPSA) is 70.6 Å². The van der Waals surface area contributed by atoms with Crippen LogP contribution in [0.15, 0.2) is 47.4 Å².